The summed E-state index contributed by atoms with van der Waals surface area (Å²) in [4.78, 5) is 12.6. The van der Waals surface area contributed by atoms with Crippen molar-refractivity contribution in [1.82, 2.24) is 29.3 Å². The Labute approximate surface area is 222 Å². The zero-order chi connectivity index (χ0) is 26.9. The number of nitrogens with two attached hydrogens (primary N) is 1. The maximum atomic E-state index is 15.3. The topological polar surface area (TPSA) is 115 Å². The van der Waals surface area contributed by atoms with Crippen LogP contribution in [0.3, 0.4) is 0 Å². The molecule has 4 heterocycles. The lowest BCUT2D eigenvalue weighted by Crippen LogP contribution is -2.20. The van der Waals surface area contributed by atoms with Gasteiger partial charge in [0.1, 0.15) is 41.8 Å². The number of benzene rings is 2. The maximum absolute atomic E-state index is 15.3. The highest BCUT2D eigenvalue weighted by Crippen LogP contribution is 2.36. The van der Waals surface area contributed by atoms with Gasteiger partial charge < -0.3 is 24.5 Å². The second-order valence-electron chi connectivity index (χ2n) is 9.25. The third-order valence-electron chi connectivity index (χ3n) is 6.64. The van der Waals surface area contributed by atoms with Crippen LogP contribution in [0.1, 0.15) is 24.6 Å². The van der Waals surface area contributed by atoms with Crippen LogP contribution in [-0.2, 0) is 18.4 Å². The number of aromatic nitrogens is 6. The zero-order valence-electron chi connectivity index (χ0n) is 21.1. The Morgan fingerprint density at radius 1 is 1.08 bits per heavy atom. The molecule has 0 aliphatic carbocycles. The van der Waals surface area contributed by atoms with Crippen molar-refractivity contribution < 1.29 is 23.0 Å². The average Bonchev–Trinajstić information content (AvgIpc) is 3.53. The number of hydrogen-bond donors (Lipinski definition) is 1. The van der Waals surface area contributed by atoms with Crippen LogP contribution in [0.5, 0.6) is 17.2 Å². The first-order valence-corrected chi connectivity index (χ1v) is 12.4. The first-order valence-electron chi connectivity index (χ1n) is 12.4. The molecule has 0 radical (unpaired) electrons. The molecule has 0 bridgehead atoms. The van der Waals surface area contributed by atoms with Crippen molar-refractivity contribution in [3.63, 3.8) is 0 Å². The number of anilines is 1. The van der Waals surface area contributed by atoms with Gasteiger partial charge in [0.2, 0.25) is 0 Å². The van der Waals surface area contributed by atoms with Gasteiger partial charge in [-0.1, -0.05) is 0 Å². The van der Waals surface area contributed by atoms with E-state index in [0.717, 1.165) is 24.6 Å². The minimum atomic E-state index is -0.654. The van der Waals surface area contributed by atoms with E-state index in [1.54, 1.807) is 23.2 Å². The Morgan fingerprint density at radius 2 is 1.90 bits per heavy atom. The molecule has 200 valence electrons. The van der Waals surface area contributed by atoms with Gasteiger partial charge in [-0.2, -0.15) is 5.10 Å². The zero-order valence-corrected chi connectivity index (χ0v) is 21.1. The lowest BCUT2D eigenvalue weighted by atomic mass is 10.1. The number of nitrogen functional groups attached to an aromatic ring is 1. The molecule has 6 rings (SSSR count). The number of fused-ring (bicyclic) bond motifs is 1. The van der Waals surface area contributed by atoms with Crippen molar-refractivity contribution in [2.24, 2.45) is 7.05 Å². The second-order valence-corrected chi connectivity index (χ2v) is 9.25. The number of halogens is 2. The van der Waals surface area contributed by atoms with Crippen LogP contribution in [0.4, 0.5) is 14.6 Å². The summed E-state index contributed by atoms with van der Waals surface area (Å²) in [6.45, 7) is 1.43. The average molecular weight is 534 g/mol. The smallest absolute Gasteiger partial charge is 0.166 e. The standard InChI is InChI=1S/C27H25F2N7O3/c1-35-15-31-12-19(35)13-38-20-9-17(28)10-21(11-20)39-23-3-2-16(8-22(23)29)25-24-26(30)32-14-33-27(24)36(34-25)18-4-6-37-7-5-18/h2-3,8-12,14-15,18H,4-7,13H2,1H3,(H2,30,32,33). The number of aryl methyl sites for hydroxylation is 1. The summed E-state index contributed by atoms with van der Waals surface area (Å²) < 4.78 is 50.1. The predicted molar refractivity (Wildman–Crippen MR) is 138 cm³/mol. The Balaban J connectivity index is 1.27. The first kappa shape index (κ1) is 24.7. The minimum Gasteiger partial charge on any atom is -0.487 e. The van der Waals surface area contributed by atoms with Crippen molar-refractivity contribution in [3.8, 4) is 28.5 Å². The normalized spacial score (nSPS) is 14.1. The fourth-order valence-electron chi connectivity index (χ4n) is 4.60. The van der Waals surface area contributed by atoms with Gasteiger partial charge in [0, 0.05) is 44.0 Å². The van der Waals surface area contributed by atoms with Gasteiger partial charge in [-0.25, -0.2) is 28.4 Å². The molecule has 0 saturated carbocycles. The van der Waals surface area contributed by atoms with E-state index in [1.807, 2.05) is 11.7 Å². The third kappa shape index (κ3) is 4.98. The molecule has 0 amide bonds. The summed E-state index contributed by atoms with van der Waals surface area (Å²) in [6, 6.07) is 8.40. The van der Waals surface area contributed by atoms with Crippen LogP contribution >= 0.6 is 0 Å². The van der Waals surface area contributed by atoms with Gasteiger partial charge >= 0.3 is 0 Å². The fraction of sp³-hybridized carbons (Fsp3) is 0.259. The molecule has 39 heavy (non-hydrogen) atoms. The van der Waals surface area contributed by atoms with Crippen LogP contribution in [0.25, 0.3) is 22.3 Å². The summed E-state index contributed by atoms with van der Waals surface area (Å²) in [5, 5.41) is 5.32. The summed E-state index contributed by atoms with van der Waals surface area (Å²) in [7, 11) is 1.83. The second kappa shape index (κ2) is 10.3. The van der Waals surface area contributed by atoms with Gasteiger partial charge in [-0.3, -0.25) is 0 Å². The highest BCUT2D eigenvalue weighted by atomic mass is 19.1. The molecule has 1 aliphatic rings. The van der Waals surface area contributed by atoms with Gasteiger partial charge in [0.05, 0.1) is 29.6 Å². The van der Waals surface area contributed by atoms with Crippen LogP contribution < -0.4 is 15.2 Å². The van der Waals surface area contributed by atoms with E-state index in [1.165, 1.54) is 30.6 Å². The number of rotatable bonds is 7. The Bertz CT molecular complexity index is 1650. The predicted octanol–water partition coefficient (Wildman–Crippen LogP) is 4.81. The van der Waals surface area contributed by atoms with Crippen LogP contribution in [-0.4, -0.2) is 42.5 Å². The molecule has 2 N–H and O–H groups in total. The van der Waals surface area contributed by atoms with Gasteiger partial charge in [0.15, 0.2) is 17.2 Å². The molecule has 2 aromatic carbocycles. The maximum Gasteiger partial charge on any atom is 0.166 e. The minimum absolute atomic E-state index is 0.0824. The van der Waals surface area contributed by atoms with Gasteiger partial charge in [0.25, 0.3) is 0 Å². The Hall–Kier alpha value is -4.58. The van der Waals surface area contributed by atoms with Crippen molar-refractivity contribution in [1.29, 1.82) is 0 Å². The molecule has 5 aromatic rings. The Kier molecular flexibility index (Phi) is 6.53. The Morgan fingerprint density at radius 3 is 2.67 bits per heavy atom. The molecule has 0 atom stereocenters. The van der Waals surface area contributed by atoms with Crippen LogP contribution in [0, 0.1) is 11.6 Å². The van der Waals surface area contributed by atoms with Crippen molar-refractivity contribution in [2.75, 3.05) is 18.9 Å². The lowest BCUT2D eigenvalue weighted by Gasteiger charge is -2.22. The number of nitrogens with zero attached hydrogens (tertiary/aromatic N) is 6. The monoisotopic (exact) mass is 533 g/mol. The SMILES string of the molecule is Cn1cncc1COc1cc(F)cc(Oc2ccc(-c3nn(C4CCOCC4)c4ncnc(N)c34)cc2F)c1. The molecule has 12 heteroatoms. The molecular weight excluding hydrogens is 508 g/mol. The number of imidazole rings is 1. The van der Waals surface area contributed by atoms with E-state index in [9.17, 15) is 4.39 Å². The molecule has 1 aliphatic heterocycles. The summed E-state index contributed by atoms with van der Waals surface area (Å²) in [5.74, 6) is -0.729. The molecule has 0 spiro atoms. The van der Waals surface area contributed by atoms with Crippen LogP contribution in [0.2, 0.25) is 0 Å². The molecule has 1 fully saturated rings. The lowest BCUT2D eigenvalue weighted by molar-refractivity contribution is 0.0674. The number of hydrogen-bond acceptors (Lipinski definition) is 8. The molecule has 3 aromatic heterocycles. The third-order valence-corrected chi connectivity index (χ3v) is 6.64. The largest absolute Gasteiger partial charge is 0.487 e. The van der Waals surface area contributed by atoms with Gasteiger partial charge in [-0.05, 0) is 31.0 Å². The van der Waals surface area contributed by atoms with E-state index in [4.69, 9.17) is 25.0 Å². The van der Waals surface area contributed by atoms with Crippen LogP contribution in [0.15, 0.2) is 55.2 Å². The molecular formula is C27H25F2N7O3. The van der Waals surface area contributed by atoms with E-state index in [0.29, 0.717) is 35.5 Å². The summed E-state index contributed by atoms with van der Waals surface area (Å²) >= 11 is 0. The molecule has 1 saturated heterocycles. The summed E-state index contributed by atoms with van der Waals surface area (Å²) in [6.07, 6.45) is 6.25. The highest BCUT2D eigenvalue weighted by Gasteiger charge is 2.24. The van der Waals surface area contributed by atoms with Crippen molar-refractivity contribution >= 4 is 16.9 Å². The van der Waals surface area contributed by atoms with E-state index < -0.39 is 11.6 Å². The van der Waals surface area contributed by atoms with Crippen molar-refractivity contribution in [3.05, 3.63) is 72.6 Å². The van der Waals surface area contributed by atoms with Gasteiger partial charge in [-0.15, -0.1) is 0 Å². The quantitative estimate of drug-likeness (QED) is 0.317. The first-order chi connectivity index (χ1) is 19.0. The highest BCUT2D eigenvalue weighted by molar-refractivity contribution is 5.98. The van der Waals surface area contributed by atoms with E-state index in [2.05, 4.69) is 15.0 Å². The fourth-order valence-corrected chi connectivity index (χ4v) is 4.60. The van der Waals surface area contributed by atoms with Crippen molar-refractivity contribution in [2.45, 2.75) is 25.5 Å². The van der Waals surface area contributed by atoms with E-state index in [-0.39, 0.29) is 35.7 Å². The summed E-state index contributed by atoms with van der Waals surface area (Å²) in [5.41, 5.74) is 8.55. The van der Waals surface area contributed by atoms with E-state index >= 15 is 4.39 Å². The molecule has 10 nitrogen and oxygen atoms in total. The molecule has 0 unspecified atom stereocenters. The number of ether oxygens (including phenoxy) is 3.